The van der Waals surface area contributed by atoms with Crippen LogP contribution in [-0.4, -0.2) is 11.8 Å². The van der Waals surface area contributed by atoms with Gasteiger partial charge in [0, 0.05) is 23.7 Å². The molecule has 2 aromatic rings. The van der Waals surface area contributed by atoms with Crippen LogP contribution in [0.25, 0.3) is 0 Å². The fourth-order valence-corrected chi connectivity index (χ4v) is 2.61. The van der Waals surface area contributed by atoms with Gasteiger partial charge in [0.15, 0.2) is 0 Å². The van der Waals surface area contributed by atoms with E-state index in [4.69, 9.17) is 5.26 Å². The molecule has 5 heteroatoms. The number of nitrogens with one attached hydrogen (secondary N) is 2. The zero-order chi connectivity index (χ0) is 17.8. The predicted molar refractivity (Wildman–Crippen MR) is 94.7 cm³/mol. The molecule has 2 aromatic carbocycles. The number of carbonyl (C=O) groups is 2. The first-order valence-corrected chi connectivity index (χ1v) is 8.25. The Balaban J connectivity index is 1.53. The Labute approximate surface area is 146 Å². The third-order valence-electron chi connectivity index (χ3n) is 4.40. The van der Waals surface area contributed by atoms with Crippen molar-refractivity contribution in [2.24, 2.45) is 11.8 Å². The molecule has 0 bridgehead atoms. The lowest BCUT2D eigenvalue weighted by molar-refractivity contribution is -0.117. The standard InChI is InChI=1S/C20H19N3O2/c1-13-10-18(13)20(25)23-17-8-6-16(7-9-17)19(24)22-12-15-4-2-14(11-21)3-5-15/h2-9,13,18H,10,12H2,1H3,(H,22,24)(H,23,25). The maximum absolute atomic E-state index is 12.2. The maximum atomic E-state index is 12.2. The Hall–Kier alpha value is -3.13. The zero-order valence-electron chi connectivity index (χ0n) is 14.0. The lowest BCUT2D eigenvalue weighted by atomic mass is 10.1. The predicted octanol–water partition coefficient (Wildman–Crippen LogP) is 3.08. The summed E-state index contributed by atoms with van der Waals surface area (Å²) < 4.78 is 0. The number of anilines is 1. The number of nitriles is 1. The quantitative estimate of drug-likeness (QED) is 0.882. The molecule has 0 radical (unpaired) electrons. The molecule has 2 atom stereocenters. The molecule has 0 aromatic heterocycles. The van der Waals surface area contributed by atoms with Crippen molar-refractivity contribution < 1.29 is 9.59 Å². The minimum Gasteiger partial charge on any atom is -0.348 e. The lowest BCUT2D eigenvalue weighted by Gasteiger charge is -2.08. The van der Waals surface area contributed by atoms with Gasteiger partial charge in [-0.15, -0.1) is 0 Å². The van der Waals surface area contributed by atoms with Crippen LogP contribution >= 0.6 is 0 Å². The van der Waals surface area contributed by atoms with Crippen molar-refractivity contribution in [1.82, 2.24) is 5.32 Å². The van der Waals surface area contributed by atoms with Crippen molar-refractivity contribution in [2.45, 2.75) is 19.9 Å². The summed E-state index contributed by atoms with van der Waals surface area (Å²) in [6.07, 6.45) is 0.946. The smallest absolute Gasteiger partial charge is 0.251 e. The molecule has 0 saturated heterocycles. The van der Waals surface area contributed by atoms with Crippen molar-refractivity contribution in [3.8, 4) is 6.07 Å². The second kappa shape index (κ2) is 7.18. The van der Waals surface area contributed by atoms with Crippen molar-refractivity contribution in [2.75, 3.05) is 5.32 Å². The molecule has 0 heterocycles. The molecule has 1 aliphatic rings. The third kappa shape index (κ3) is 4.24. The van der Waals surface area contributed by atoms with Crippen LogP contribution in [0.15, 0.2) is 48.5 Å². The molecule has 5 nitrogen and oxygen atoms in total. The molecule has 0 spiro atoms. The van der Waals surface area contributed by atoms with Gasteiger partial charge in [-0.1, -0.05) is 19.1 Å². The van der Waals surface area contributed by atoms with E-state index in [2.05, 4.69) is 23.6 Å². The van der Waals surface area contributed by atoms with Gasteiger partial charge in [0.25, 0.3) is 5.91 Å². The van der Waals surface area contributed by atoms with Gasteiger partial charge in [-0.3, -0.25) is 9.59 Å². The van der Waals surface area contributed by atoms with Gasteiger partial charge in [0.1, 0.15) is 0 Å². The van der Waals surface area contributed by atoms with Crippen LogP contribution in [0.5, 0.6) is 0 Å². The van der Waals surface area contributed by atoms with Crippen LogP contribution < -0.4 is 10.6 Å². The molecule has 1 saturated carbocycles. The summed E-state index contributed by atoms with van der Waals surface area (Å²) in [6.45, 7) is 2.45. The van der Waals surface area contributed by atoms with E-state index >= 15 is 0 Å². The fourth-order valence-electron chi connectivity index (χ4n) is 2.61. The molecule has 3 rings (SSSR count). The number of amides is 2. The van der Waals surface area contributed by atoms with Crippen molar-refractivity contribution >= 4 is 17.5 Å². The molecule has 2 unspecified atom stereocenters. The highest BCUT2D eigenvalue weighted by atomic mass is 16.2. The largest absolute Gasteiger partial charge is 0.348 e. The molecular weight excluding hydrogens is 314 g/mol. The lowest BCUT2D eigenvalue weighted by Crippen LogP contribution is -2.22. The van der Waals surface area contributed by atoms with E-state index in [-0.39, 0.29) is 17.7 Å². The Morgan fingerprint density at radius 1 is 1.12 bits per heavy atom. The topological polar surface area (TPSA) is 82.0 Å². The van der Waals surface area contributed by atoms with Gasteiger partial charge in [-0.25, -0.2) is 0 Å². The molecule has 1 fully saturated rings. The Kier molecular flexibility index (Phi) is 4.80. The average molecular weight is 333 g/mol. The SMILES string of the molecule is CC1CC1C(=O)Nc1ccc(C(=O)NCc2ccc(C#N)cc2)cc1. The van der Waals surface area contributed by atoms with Crippen molar-refractivity contribution in [1.29, 1.82) is 5.26 Å². The molecule has 25 heavy (non-hydrogen) atoms. The van der Waals surface area contributed by atoms with E-state index in [1.807, 2.05) is 12.1 Å². The number of benzene rings is 2. The van der Waals surface area contributed by atoms with E-state index in [1.54, 1.807) is 36.4 Å². The fraction of sp³-hybridized carbons (Fsp3) is 0.250. The molecular formula is C20H19N3O2. The van der Waals surface area contributed by atoms with Crippen LogP contribution in [0.2, 0.25) is 0 Å². The summed E-state index contributed by atoms with van der Waals surface area (Å²) >= 11 is 0. The Morgan fingerprint density at radius 2 is 1.76 bits per heavy atom. The van der Waals surface area contributed by atoms with Crippen molar-refractivity contribution in [3.63, 3.8) is 0 Å². The van der Waals surface area contributed by atoms with Crippen molar-refractivity contribution in [3.05, 3.63) is 65.2 Å². The zero-order valence-corrected chi connectivity index (χ0v) is 14.0. The van der Waals surface area contributed by atoms with Gasteiger partial charge in [0.05, 0.1) is 11.6 Å². The second-order valence-corrected chi connectivity index (χ2v) is 6.38. The maximum Gasteiger partial charge on any atom is 0.251 e. The highest BCUT2D eigenvalue weighted by Gasteiger charge is 2.39. The van der Waals surface area contributed by atoms with E-state index in [9.17, 15) is 9.59 Å². The first-order valence-electron chi connectivity index (χ1n) is 8.25. The van der Waals surface area contributed by atoms with Crippen LogP contribution in [-0.2, 0) is 11.3 Å². The molecule has 2 amide bonds. The first kappa shape index (κ1) is 16.7. The minimum absolute atomic E-state index is 0.0468. The minimum atomic E-state index is -0.182. The van der Waals surface area contributed by atoms with E-state index in [1.165, 1.54) is 0 Å². The third-order valence-corrected chi connectivity index (χ3v) is 4.40. The Bertz CT molecular complexity index is 820. The van der Waals surface area contributed by atoms with Gasteiger partial charge in [0.2, 0.25) is 5.91 Å². The van der Waals surface area contributed by atoms with Gasteiger partial charge in [-0.2, -0.15) is 5.26 Å². The summed E-state index contributed by atoms with van der Waals surface area (Å²) in [6, 6.07) is 16.0. The van der Waals surface area contributed by atoms with Crippen LogP contribution in [0.3, 0.4) is 0 Å². The summed E-state index contributed by atoms with van der Waals surface area (Å²) in [4.78, 5) is 24.1. The summed E-state index contributed by atoms with van der Waals surface area (Å²) in [5.74, 6) is 0.450. The number of rotatable bonds is 5. The molecule has 0 aliphatic heterocycles. The Morgan fingerprint density at radius 3 is 2.32 bits per heavy atom. The summed E-state index contributed by atoms with van der Waals surface area (Å²) in [5.41, 5.74) is 2.75. The summed E-state index contributed by atoms with van der Waals surface area (Å²) in [7, 11) is 0. The van der Waals surface area contributed by atoms with E-state index in [0.29, 0.717) is 29.3 Å². The summed E-state index contributed by atoms with van der Waals surface area (Å²) in [5, 5.41) is 14.5. The number of hydrogen-bond acceptors (Lipinski definition) is 3. The van der Waals surface area contributed by atoms with E-state index < -0.39 is 0 Å². The highest BCUT2D eigenvalue weighted by Crippen LogP contribution is 2.38. The average Bonchev–Trinajstić information content (AvgIpc) is 3.37. The molecule has 2 N–H and O–H groups in total. The number of hydrogen-bond donors (Lipinski definition) is 2. The van der Waals surface area contributed by atoms with Gasteiger partial charge in [-0.05, 0) is 54.3 Å². The monoisotopic (exact) mass is 333 g/mol. The number of nitrogens with zero attached hydrogens (tertiary/aromatic N) is 1. The second-order valence-electron chi connectivity index (χ2n) is 6.38. The molecule has 1 aliphatic carbocycles. The first-order chi connectivity index (χ1) is 12.1. The van der Waals surface area contributed by atoms with Gasteiger partial charge >= 0.3 is 0 Å². The highest BCUT2D eigenvalue weighted by molar-refractivity contribution is 5.96. The van der Waals surface area contributed by atoms with E-state index in [0.717, 1.165) is 12.0 Å². The normalized spacial score (nSPS) is 18.1. The van der Waals surface area contributed by atoms with Crippen LogP contribution in [0, 0.1) is 23.2 Å². The van der Waals surface area contributed by atoms with Crippen LogP contribution in [0.1, 0.15) is 34.8 Å². The number of carbonyl (C=O) groups excluding carboxylic acids is 2. The van der Waals surface area contributed by atoms with Gasteiger partial charge < -0.3 is 10.6 Å². The van der Waals surface area contributed by atoms with Crippen LogP contribution in [0.4, 0.5) is 5.69 Å². The molecule has 126 valence electrons.